The van der Waals surface area contributed by atoms with Crippen LogP contribution in [0.25, 0.3) is 0 Å². The predicted octanol–water partition coefficient (Wildman–Crippen LogP) is 3.21. The van der Waals surface area contributed by atoms with Crippen molar-refractivity contribution in [2.24, 2.45) is 0 Å². The van der Waals surface area contributed by atoms with Gasteiger partial charge in [0.15, 0.2) is 0 Å². The van der Waals surface area contributed by atoms with E-state index in [-0.39, 0.29) is 0 Å². The minimum Gasteiger partial charge on any atom is -0.478 e. The second kappa shape index (κ2) is 5.27. The lowest BCUT2D eigenvalue weighted by molar-refractivity contribution is 0.0697. The fourth-order valence-electron chi connectivity index (χ4n) is 1.69. The summed E-state index contributed by atoms with van der Waals surface area (Å²) in [6.45, 7) is 3.04. The van der Waals surface area contributed by atoms with Crippen molar-refractivity contribution < 1.29 is 9.90 Å². The summed E-state index contributed by atoms with van der Waals surface area (Å²) in [4.78, 5) is 12.0. The average Bonchev–Trinajstić information content (AvgIpc) is 2.73. The molecule has 1 aromatic rings. The van der Waals surface area contributed by atoms with E-state index in [2.05, 4.69) is 18.3 Å². The van der Waals surface area contributed by atoms with Crippen LogP contribution in [0.15, 0.2) is 35.2 Å². The third kappa shape index (κ3) is 3.27. The number of rotatable bonds is 4. The van der Waals surface area contributed by atoms with Crippen molar-refractivity contribution in [3.8, 4) is 0 Å². The van der Waals surface area contributed by atoms with E-state index in [9.17, 15) is 4.79 Å². The smallest absolute Gasteiger partial charge is 0.335 e. The van der Waals surface area contributed by atoms with Gasteiger partial charge in [0.1, 0.15) is 0 Å². The van der Waals surface area contributed by atoms with Gasteiger partial charge in [0, 0.05) is 22.4 Å². The van der Waals surface area contributed by atoms with E-state index < -0.39 is 5.97 Å². The number of hydrogen-bond acceptors (Lipinski definition) is 3. The Morgan fingerprint density at radius 2 is 2.18 bits per heavy atom. The van der Waals surface area contributed by atoms with Gasteiger partial charge in [-0.2, -0.15) is 0 Å². The van der Waals surface area contributed by atoms with Crippen LogP contribution in [0.5, 0.6) is 0 Å². The zero-order chi connectivity index (χ0) is 12.3. The standard InChI is InChI=1S/C13H15NO2S/c1-9-2-7-12(17-9)8-14-11-5-3-10(4-6-11)13(15)16/h3-7,9,14H,2,8H2,1H3,(H,15,16). The van der Waals surface area contributed by atoms with E-state index in [0.29, 0.717) is 10.8 Å². The van der Waals surface area contributed by atoms with Gasteiger partial charge >= 0.3 is 5.97 Å². The van der Waals surface area contributed by atoms with Gasteiger partial charge < -0.3 is 10.4 Å². The number of anilines is 1. The molecule has 4 heteroatoms. The third-order valence-corrected chi connectivity index (χ3v) is 3.84. The molecule has 0 saturated heterocycles. The first-order valence-corrected chi connectivity index (χ1v) is 6.46. The molecule has 0 spiro atoms. The topological polar surface area (TPSA) is 49.3 Å². The van der Waals surface area contributed by atoms with Crippen molar-refractivity contribution in [1.29, 1.82) is 0 Å². The molecule has 0 bridgehead atoms. The molecule has 0 aliphatic carbocycles. The third-order valence-electron chi connectivity index (χ3n) is 2.63. The van der Waals surface area contributed by atoms with Crippen LogP contribution in [-0.2, 0) is 0 Å². The molecule has 1 unspecified atom stereocenters. The number of allylic oxidation sites excluding steroid dienone is 1. The molecule has 3 nitrogen and oxygen atoms in total. The van der Waals surface area contributed by atoms with Crippen LogP contribution in [0.4, 0.5) is 5.69 Å². The Hall–Kier alpha value is -1.42. The van der Waals surface area contributed by atoms with Gasteiger partial charge in [0.25, 0.3) is 0 Å². The van der Waals surface area contributed by atoms with Gasteiger partial charge in [-0.15, -0.1) is 11.8 Å². The number of nitrogens with one attached hydrogen (secondary N) is 1. The molecule has 0 saturated carbocycles. The molecule has 1 atom stereocenters. The zero-order valence-electron chi connectivity index (χ0n) is 9.64. The van der Waals surface area contributed by atoms with Gasteiger partial charge in [-0.05, 0) is 30.7 Å². The number of carboxylic acid groups (broad SMARTS) is 1. The highest BCUT2D eigenvalue weighted by Gasteiger charge is 2.12. The van der Waals surface area contributed by atoms with Gasteiger partial charge in [0.2, 0.25) is 0 Å². The lowest BCUT2D eigenvalue weighted by atomic mass is 10.2. The van der Waals surface area contributed by atoms with Gasteiger partial charge in [-0.1, -0.05) is 13.0 Å². The molecule has 0 radical (unpaired) electrons. The van der Waals surface area contributed by atoms with Crippen molar-refractivity contribution >= 4 is 23.4 Å². The summed E-state index contributed by atoms with van der Waals surface area (Å²) in [7, 11) is 0. The number of carbonyl (C=O) groups is 1. The Kier molecular flexibility index (Phi) is 3.74. The first-order chi connectivity index (χ1) is 8.15. The van der Waals surface area contributed by atoms with E-state index >= 15 is 0 Å². The summed E-state index contributed by atoms with van der Waals surface area (Å²) < 4.78 is 0. The lowest BCUT2D eigenvalue weighted by Crippen LogP contribution is -2.03. The number of benzene rings is 1. The average molecular weight is 249 g/mol. The fraction of sp³-hybridized carbons (Fsp3) is 0.308. The SMILES string of the molecule is CC1CC=C(CNc2ccc(C(=O)O)cc2)S1. The first-order valence-electron chi connectivity index (χ1n) is 5.58. The Labute approximate surface area is 105 Å². The van der Waals surface area contributed by atoms with Crippen LogP contribution in [0.3, 0.4) is 0 Å². The second-order valence-electron chi connectivity index (χ2n) is 4.07. The normalized spacial score (nSPS) is 18.9. The van der Waals surface area contributed by atoms with Crippen molar-refractivity contribution in [3.63, 3.8) is 0 Å². The first kappa shape index (κ1) is 12.0. The number of aromatic carboxylic acids is 1. The van der Waals surface area contributed by atoms with Crippen molar-refractivity contribution in [1.82, 2.24) is 0 Å². The molecule has 0 fully saturated rings. The van der Waals surface area contributed by atoms with Crippen LogP contribution in [-0.4, -0.2) is 22.9 Å². The Morgan fingerprint density at radius 1 is 1.47 bits per heavy atom. The highest BCUT2D eigenvalue weighted by atomic mass is 32.2. The minimum atomic E-state index is -0.889. The van der Waals surface area contributed by atoms with Crippen LogP contribution in [0.2, 0.25) is 0 Å². The molecule has 1 aromatic carbocycles. The van der Waals surface area contributed by atoms with Crippen LogP contribution < -0.4 is 5.32 Å². The molecule has 2 N–H and O–H groups in total. The molecule has 1 aliphatic heterocycles. The molecular formula is C13H15NO2S. The van der Waals surface area contributed by atoms with E-state index in [1.165, 1.54) is 4.91 Å². The summed E-state index contributed by atoms with van der Waals surface area (Å²) in [5.74, 6) is -0.889. The molecule has 1 aliphatic rings. The zero-order valence-corrected chi connectivity index (χ0v) is 10.5. The van der Waals surface area contributed by atoms with Crippen molar-refractivity contribution in [2.45, 2.75) is 18.6 Å². The highest BCUT2D eigenvalue weighted by Crippen LogP contribution is 2.31. The molecule has 17 heavy (non-hydrogen) atoms. The minimum absolute atomic E-state index is 0.318. The van der Waals surface area contributed by atoms with E-state index in [1.807, 2.05) is 11.8 Å². The van der Waals surface area contributed by atoms with Crippen molar-refractivity contribution in [2.75, 3.05) is 11.9 Å². The fourth-order valence-corrected chi connectivity index (χ4v) is 2.74. The van der Waals surface area contributed by atoms with E-state index in [0.717, 1.165) is 18.7 Å². The lowest BCUT2D eigenvalue weighted by Gasteiger charge is -2.08. The van der Waals surface area contributed by atoms with E-state index in [4.69, 9.17) is 5.11 Å². The summed E-state index contributed by atoms with van der Waals surface area (Å²) in [6, 6.07) is 6.83. The molecule has 90 valence electrons. The van der Waals surface area contributed by atoms with E-state index in [1.54, 1.807) is 24.3 Å². The maximum atomic E-state index is 10.7. The summed E-state index contributed by atoms with van der Waals surface area (Å²) in [6.07, 6.45) is 3.40. The Morgan fingerprint density at radius 3 is 2.71 bits per heavy atom. The Balaban J connectivity index is 1.89. The number of hydrogen-bond donors (Lipinski definition) is 2. The van der Waals surface area contributed by atoms with Gasteiger partial charge in [-0.3, -0.25) is 0 Å². The number of carboxylic acids is 1. The molecule has 0 amide bonds. The van der Waals surface area contributed by atoms with Gasteiger partial charge in [-0.25, -0.2) is 4.79 Å². The predicted molar refractivity (Wildman–Crippen MR) is 71.6 cm³/mol. The second-order valence-corrected chi connectivity index (χ2v) is 5.64. The van der Waals surface area contributed by atoms with Crippen LogP contribution in [0.1, 0.15) is 23.7 Å². The maximum absolute atomic E-state index is 10.7. The highest BCUT2D eigenvalue weighted by molar-refractivity contribution is 8.03. The molecule has 0 aromatic heterocycles. The van der Waals surface area contributed by atoms with Crippen LogP contribution >= 0.6 is 11.8 Å². The van der Waals surface area contributed by atoms with Crippen molar-refractivity contribution in [3.05, 3.63) is 40.8 Å². The maximum Gasteiger partial charge on any atom is 0.335 e. The van der Waals surface area contributed by atoms with Crippen LogP contribution in [0, 0.1) is 0 Å². The largest absolute Gasteiger partial charge is 0.478 e. The number of thioether (sulfide) groups is 1. The van der Waals surface area contributed by atoms with Gasteiger partial charge in [0.05, 0.1) is 5.56 Å². The quantitative estimate of drug-likeness (QED) is 0.860. The molecule has 1 heterocycles. The monoisotopic (exact) mass is 249 g/mol. The molecule has 2 rings (SSSR count). The summed E-state index contributed by atoms with van der Waals surface area (Å²) in [5, 5.41) is 12.7. The summed E-state index contributed by atoms with van der Waals surface area (Å²) >= 11 is 1.90. The Bertz CT molecular complexity index is 439. The summed E-state index contributed by atoms with van der Waals surface area (Å²) in [5.41, 5.74) is 1.27. The molecular weight excluding hydrogens is 234 g/mol.